The summed E-state index contributed by atoms with van der Waals surface area (Å²) in [4.78, 5) is 7.85. The zero-order chi connectivity index (χ0) is 7.84. The molecule has 2 heterocycles. The van der Waals surface area contributed by atoms with Gasteiger partial charge in [0.05, 0.1) is 6.20 Å². The van der Waals surface area contributed by atoms with Crippen molar-refractivity contribution >= 4 is 5.78 Å². The van der Waals surface area contributed by atoms with Crippen LogP contribution < -0.4 is 0 Å². The van der Waals surface area contributed by atoms with Crippen molar-refractivity contribution in [3.8, 4) is 5.88 Å². The minimum absolute atomic E-state index is 0.121. The molecule has 0 aromatic carbocycles. The highest BCUT2D eigenvalue weighted by Gasteiger charge is 1.99. The number of aromatic hydroxyl groups is 1. The summed E-state index contributed by atoms with van der Waals surface area (Å²) in [5.41, 5.74) is 0.991. The Labute approximate surface area is 63.1 Å². The zero-order valence-corrected chi connectivity index (χ0v) is 6.02. The highest BCUT2D eigenvalue weighted by molar-refractivity contribution is 5.33. The summed E-state index contributed by atoms with van der Waals surface area (Å²) in [7, 11) is 0. The van der Waals surface area contributed by atoms with E-state index in [0.29, 0.717) is 5.78 Å². The van der Waals surface area contributed by atoms with Crippen molar-refractivity contribution in [2.24, 2.45) is 0 Å². The third-order valence-electron chi connectivity index (χ3n) is 1.47. The number of aromatic nitrogens is 3. The Morgan fingerprint density at radius 2 is 2.09 bits per heavy atom. The lowest BCUT2D eigenvalue weighted by Gasteiger charge is -1.94. The molecule has 2 rings (SSSR count). The van der Waals surface area contributed by atoms with Gasteiger partial charge in [-0.3, -0.25) is 4.40 Å². The van der Waals surface area contributed by atoms with Crippen molar-refractivity contribution in [2.75, 3.05) is 0 Å². The standard InChI is InChI=1S/C7H7N3O/c1-5-2-8-7-9-3-6(11)10(7)4-5/h2-4,11H,1H3. The maximum absolute atomic E-state index is 9.20. The number of nitrogens with zero attached hydrogens (tertiary/aromatic N) is 3. The van der Waals surface area contributed by atoms with Crippen molar-refractivity contribution in [1.82, 2.24) is 14.4 Å². The molecule has 0 fully saturated rings. The molecule has 11 heavy (non-hydrogen) atoms. The molecule has 0 saturated heterocycles. The van der Waals surface area contributed by atoms with Gasteiger partial charge in [-0.05, 0) is 12.5 Å². The predicted molar refractivity (Wildman–Crippen MR) is 39.4 cm³/mol. The molecule has 56 valence electrons. The summed E-state index contributed by atoms with van der Waals surface area (Å²) in [6.45, 7) is 1.91. The van der Waals surface area contributed by atoms with Crippen molar-refractivity contribution in [2.45, 2.75) is 6.92 Å². The lowest BCUT2D eigenvalue weighted by atomic mass is 10.4. The van der Waals surface area contributed by atoms with Crippen LogP contribution in [0.4, 0.5) is 0 Å². The van der Waals surface area contributed by atoms with Crippen LogP contribution in [0.25, 0.3) is 5.78 Å². The Bertz CT molecular complexity index is 393. The topological polar surface area (TPSA) is 50.4 Å². The van der Waals surface area contributed by atoms with Gasteiger partial charge in [0, 0.05) is 12.4 Å². The van der Waals surface area contributed by atoms with Gasteiger partial charge >= 0.3 is 0 Å². The Kier molecular flexibility index (Phi) is 1.09. The molecular weight excluding hydrogens is 142 g/mol. The van der Waals surface area contributed by atoms with Gasteiger partial charge in [0.25, 0.3) is 0 Å². The van der Waals surface area contributed by atoms with Crippen LogP contribution in [-0.4, -0.2) is 19.5 Å². The lowest BCUT2D eigenvalue weighted by molar-refractivity contribution is 0.448. The van der Waals surface area contributed by atoms with E-state index < -0.39 is 0 Å². The van der Waals surface area contributed by atoms with Crippen LogP contribution in [0, 0.1) is 6.92 Å². The van der Waals surface area contributed by atoms with E-state index in [0.717, 1.165) is 5.56 Å². The molecule has 0 bridgehead atoms. The number of aryl methyl sites for hydroxylation is 1. The highest BCUT2D eigenvalue weighted by Crippen LogP contribution is 2.10. The molecule has 0 unspecified atom stereocenters. The lowest BCUT2D eigenvalue weighted by Crippen LogP contribution is -1.88. The third kappa shape index (κ3) is 0.832. The van der Waals surface area contributed by atoms with Crippen LogP contribution in [0.15, 0.2) is 18.6 Å². The number of hydrogen-bond donors (Lipinski definition) is 1. The van der Waals surface area contributed by atoms with Gasteiger partial charge < -0.3 is 5.11 Å². The molecule has 4 heteroatoms. The first-order chi connectivity index (χ1) is 5.27. The van der Waals surface area contributed by atoms with Gasteiger partial charge in [-0.25, -0.2) is 9.97 Å². The smallest absolute Gasteiger partial charge is 0.236 e. The molecule has 0 amide bonds. The number of rotatable bonds is 0. The van der Waals surface area contributed by atoms with Gasteiger partial charge in [0.15, 0.2) is 0 Å². The molecule has 0 aliphatic carbocycles. The molecule has 0 atom stereocenters. The van der Waals surface area contributed by atoms with E-state index in [9.17, 15) is 5.11 Å². The summed E-state index contributed by atoms with van der Waals surface area (Å²) in [5, 5.41) is 9.20. The van der Waals surface area contributed by atoms with Crippen LogP contribution in [0.2, 0.25) is 0 Å². The van der Waals surface area contributed by atoms with E-state index in [1.807, 2.05) is 6.92 Å². The Morgan fingerprint density at radius 1 is 1.36 bits per heavy atom. The molecule has 4 nitrogen and oxygen atoms in total. The van der Waals surface area contributed by atoms with Gasteiger partial charge in [-0.15, -0.1) is 0 Å². The molecule has 0 aliphatic heterocycles. The second kappa shape index (κ2) is 1.95. The van der Waals surface area contributed by atoms with Crippen molar-refractivity contribution in [3.05, 3.63) is 24.2 Å². The Morgan fingerprint density at radius 3 is 2.91 bits per heavy atom. The summed E-state index contributed by atoms with van der Waals surface area (Å²) >= 11 is 0. The van der Waals surface area contributed by atoms with Crippen molar-refractivity contribution in [1.29, 1.82) is 0 Å². The van der Waals surface area contributed by atoms with Crippen LogP contribution in [-0.2, 0) is 0 Å². The van der Waals surface area contributed by atoms with Crippen molar-refractivity contribution < 1.29 is 5.11 Å². The fourth-order valence-corrected chi connectivity index (χ4v) is 0.958. The van der Waals surface area contributed by atoms with E-state index in [2.05, 4.69) is 9.97 Å². The minimum atomic E-state index is 0.121. The van der Waals surface area contributed by atoms with Crippen molar-refractivity contribution in [3.63, 3.8) is 0 Å². The van der Waals surface area contributed by atoms with E-state index in [-0.39, 0.29) is 5.88 Å². The van der Waals surface area contributed by atoms with Crippen LogP contribution in [0.1, 0.15) is 5.56 Å². The molecular formula is C7H7N3O. The monoisotopic (exact) mass is 149 g/mol. The maximum Gasteiger partial charge on any atom is 0.236 e. The number of imidazole rings is 1. The molecule has 0 saturated carbocycles. The van der Waals surface area contributed by atoms with E-state index >= 15 is 0 Å². The van der Waals surface area contributed by atoms with Crippen LogP contribution in [0.3, 0.4) is 0 Å². The van der Waals surface area contributed by atoms with E-state index in [1.54, 1.807) is 12.4 Å². The van der Waals surface area contributed by atoms with Gasteiger partial charge in [0.1, 0.15) is 0 Å². The van der Waals surface area contributed by atoms with Crippen LogP contribution >= 0.6 is 0 Å². The summed E-state index contributed by atoms with van der Waals surface area (Å²) < 4.78 is 1.54. The fourth-order valence-electron chi connectivity index (χ4n) is 0.958. The SMILES string of the molecule is Cc1cnc2ncc(O)n2c1. The third-order valence-corrected chi connectivity index (χ3v) is 1.47. The summed E-state index contributed by atoms with van der Waals surface area (Å²) in [6.07, 6.45) is 4.87. The maximum atomic E-state index is 9.20. The average Bonchev–Trinajstić information content (AvgIpc) is 2.33. The second-order valence-corrected chi connectivity index (χ2v) is 2.42. The molecule has 0 aliphatic rings. The van der Waals surface area contributed by atoms with Gasteiger partial charge in [-0.1, -0.05) is 0 Å². The molecule has 1 N–H and O–H groups in total. The first kappa shape index (κ1) is 6.15. The molecule has 0 radical (unpaired) electrons. The summed E-state index contributed by atoms with van der Waals surface area (Å²) in [6, 6.07) is 0. The summed E-state index contributed by atoms with van der Waals surface area (Å²) in [5.74, 6) is 0.643. The first-order valence-corrected chi connectivity index (χ1v) is 3.26. The Balaban J connectivity index is 2.87. The van der Waals surface area contributed by atoms with E-state index in [4.69, 9.17) is 0 Å². The van der Waals surface area contributed by atoms with Gasteiger partial charge in [0.2, 0.25) is 11.7 Å². The van der Waals surface area contributed by atoms with Gasteiger partial charge in [-0.2, -0.15) is 0 Å². The second-order valence-electron chi connectivity index (χ2n) is 2.42. The fraction of sp³-hybridized carbons (Fsp3) is 0.143. The normalized spacial score (nSPS) is 10.6. The van der Waals surface area contributed by atoms with E-state index in [1.165, 1.54) is 10.6 Å². The first-order valence-electron chi connectivity index (χ1n) is 3.26. The quantitative estimate of drug-likeness (QED) is 0.601. The molecule has 0 spiro atoms. The average molecular weight is 149 g/mol. The number of hydrogen-bond acceptors (Lipinski definition) is 3. The predicted octanol–water partition coefficient (Wildman–Crippen LogP) is 0.743. The molecule has 2 aromatic rings. The largest absolute Gasteiger partial charge is 0.493 e. The number of fused-ring (bicyclic) bond motifs is 1. The Hall–Kier alpha value is -1.58. The highest BCUT2D eigenvalue weighted by atomic mass is 16.3. The minimum Gasteiger partial charge on any atom is -0.493 e. The van der Waals surface area contributed by atoms with Crippen LogP contribution in [0.5, 0.6) is 5.88 Å². The molecule has 2 aromatic heterocycles. The zero-order valence-electron chi connectivity index (χ0n) is 6.02.